The number of aryl methyl sites for hydroxylation is 1. The average Bonchev–Trinajstić information content (AvgIpc) is 3.13. The Labute approximate surface area is 211 Å². The van der Waals surface area contributed by atoms with E-state index in [1.54, 1.807) is 71.9 Å². The van der Waals surface area contributed by atoms with Crippen molar-refractivity contribution in [3.8, 4) is 5.75 Å². The highest BCUT2D eigenvalue weighted by Gasteiger charge is 2.29. The minimum Gasteiger partial charge on any atom is -0.496 e. The standard InChI is InChI=1S/C26H32N2O7S/c1-15-12-22(34-7)16(2)17(3)23(15)36(32,33)28-14-18(19-10-8-9-11-21(19)28)13-20(24(29)30)27-25(31)35-26(4,5)6/h8-12,14,20H,13H2,1-7H3,(H,27,31)(H,29,30)/t20-/m0/s1. The van der Waals surface area contributed by atoms with Gasteiger partial charge < -0.3 is 19.9 Å². The summed E-state index contributed by atoms with van der Waals surface area (Å²) < 4.78 is 39.6. The molecule has 9 nitrogen and oxygen atoms in total. The Hall–Kier alpha value is -3.53. The number of fused-ring (bicyclic) bond motifs is 1. The molecule has 0 unspecified atom stereocenters. The molecule has 194 valence electrons. The Morgan fingerprint density at radius 1 is 1.11 bits per heavy atom. The number of para-hydroxylation sites is 1. The maximum atomic E-state index is 13.9. The van der Waals surface area contributed by atoms with E-state index in [-0.39, 0.29) is 11.3 Å². The fourth-order valence-corrected chi connectivity index (χ4v) is 6.06. The predicted molar refractivity (Wildman–Crippen MR) is 136 cm³/mol. The molecule has 10 heteroatoms. The number of benzene rings is 2. The van der Waals surface area contributed by atoms with Crippen molar-refractivity contribution in [2.24, 2.45) is 0 Å². The number of amides is 1. The number of carbonyl (C=O) groups is 2. The van der Waals surface area contributed by atoms with Gasteiger partial charge in [-0.3, -0.25) is 0 Å². The summed E-state index contributed by atoms with van der Waals surface area (Å²) in [4.78, 5) is 24.3. The summed E-state index contributed by atoms with van der Waals surface area (Å²) in [6.07, 6.45) is 0.411. The molecule has 0 aliphatic rings. The van der Waals surface area contributed by atoms with Crippen LogP contribution in [-0.2, 0) is 26.0 Å². The minimum atomic E-state index is -4.06. The third kappa shape index (κ3) is 5.33. The van der Waals surface area contributed by atoms with E-state index < -0.39 is 33.7 Å². The number of hydrogen-bond donors (Lipinski definition) is 2. The molecule has 1 atom stereocenters. The first-order valence-corrected chi connectivity index (χ1v) is 12.8. The first kappa shape index (κ1) is 27.1. The molecule has 0 spiro atoms. The largest absolute Gasteiger partial charge is 0.496 e. The number of rotatable bonds is 7. The second kappa shape index (κ2) is 9.85. The molecule has 1 aromatic heterocycles. The molecule has 0 saturated heterocycles. The van der Waals surface area contributed by atoms with Gasteiger partial charge in [0, 0.05) is 18.0 Å². The summed E-state index contributed by atoms with van der Waals surface area (Å²) in [6, 6.07) is 7.20. The number of nitrogens with zero attached hydrogens (tertiary/aromatic N) is 1. The van der Waals surface area contributed by atoms with Gasteiger partial charge in [0.1, 0.15) is 17.4 Å². The lowest BCUT2D eigenvalue weighted by atomic mass is 10.1. The molecule has 0 radical (unpaired) electrons. The molecule has 3 aromatic rings. The van der Waals surface area contributed by atoms with Crippen molar-refractivity contribution in [3.63, 3.8) is 0 Å². The highest BCUT2D eigenvalue weighted by molar-refractivity contribution is 7.90. The molecule has 0 fully saturated rings. The summed E-state index contributed by atoms with van der Waals surface area (Å²) in [6.45, 7) is 10.3. The summed E-state index contributed by atoms with van der Waals surface area (Å²) in [7, 11) is -2.52. The highest BCUT2D eigenvalue weighted by atomic mass is 32.2. The van der Waals surface area contributed by atoms with Crippen LogP contribution in [0.5, 0.6) is 5.75 Å². The number of carbonyl (C=O) groups excluding carboxylic acids is 1. The lowest BCUT2D eigenvalue weighted by Crippen LogP contribution is -2.44. The highest BCUT2D eigenvalue weighted by Crippen LogP contribution is 2.34. The van der Waals surface area contributed by atoms with Gasteiger partial charge in [-0.25, -0.2) is 22.0 Å². The van der Waals surface area contributed by atoms with Gasteiger partial charge in [0.25, 0.3) is 10.0 Å². The zero-order valence-electron chi connectivity index (χ0n) is 21.5. The first-order chi connectivity index (χ1) is 16.7. The Bertz CT molecular complexity index is 1430. The van der Waals surface area contributed by atoms with Crippen molar-refractivity contribution in [1.29, 1.82) is 0 Å². The molecule has 1 amide bonds. The molecular formula is C26H32N2O7S. The van der Waals surface area contributed by atoms with Crippen LogP contribution < -0.4 is 10.1 Å². The molecule has 2 N–H and O–H groups in total. The molecule has 2 aromatic carbocycles. The number of aliphatic carboxylic acids is 1. The Morgan fingerprint density at radius 3 is 2.33 bits per heavy atom. The van der Waals surface area contributed by atoms with E-state index in [1.165, 1.54) is 17.3 Å². The minimum absolute atomic E-state index is 0.142. The molecule has 1 heterocycles. The second-order valence-electron chi connectivity index (χ2n) is 9.69. The summed E-state index contributed by atoms with van der Waals surface area (Å²) in [5, 5.41) is 12.7. The number of aromatic nitrogens is 1. The lowest BCUT2D eigenvalue weighted by Gasteiger charge is -2.22. The normalized spacial score (nSPS) is 12.9. The zero-order valence-corrected chi connectivity index (χ0v) is 22.3. The number of nitrogens with one attached hydrogen (secondary N) is 1. The van der Waals surface area contributed by atoms with Crippen LogP contribution in [0.3, 0.4) is 0 Å². The van der Waals surface area contributed by atoms with E-state index in [2.05, 4.69) is 5.32 Å². The SMILES string of the molecule is COc1cc(C)c(S(=O)(=O)n2cc(C[C@H](NC(=O)OC(C)(C)C)C(=O)O)c3ccccc32)c(C)c1C. The van der Waals surface area contributed by atoms with E-state index in [0.717, 1.165) is 0 Å². The van der Waals surface area contributed by atoms with Gasteiger partial charge in [0.2, 0.25) is 0 Å². The Morgan fingerprint density at radius 2 is 1.75 bits per heavy atom. The third-order valence-electron chi connectivity index (χ3n) is 5.89. The van der Waals surface area contributed by atoms with Gasteiger partial charge >= 0.3 is 12.1 Å². The van der Waals surface area contributed by atoms with Gasteiger partial charge in [0.05, 0.1) is 17.5 Å². The number of carboxylic acids is 1. The number of carboxylic acid groups (broad SMARTS) is 1. The van der Waals surface area contributed by atoms with Gasteiger partial charge in [0.15, 0.2) is 0 Å². The second-order valence-corrected chi connectivity index (χ2v) is 11.4. The maximum Gasteiger partial charge on any atom is 0.408 e. The van der Waals surface area contributed by atoms with Gasteiger partial charge in [-0.1, -0.05) is 18.2 Å². The van der Waals surface area contributed by atoms with Gasteiger partial charge in [-0.05, 0) is 75.9 Å². The summed E-state index contributed by atoms with van der Waals surface area (Å²) >= 11 is 0. The predicted octanol–water partition coefficient (Wildman–Crippen LogP) is 4.33. The van der Waals surface area contributed by atoms with Crippen LogP contribution in [0, 0.1) is 20.8 Å². The number of ether oxygens (including phenoxy) is 2. The summed E-state index contributed by atoms with van der Waals surface area (Å²) in [5.41, 5.74) is 1.87. The number of alkyl carbamates (subject to hydrolysis) is 1. The summed E-state index contributed by atoms with van der Waals surface area (Å²) in [5.74, 6) is -0.669. The van der Waals surface area contributed by atoms with Crippen LogP contribution in [0.4, 0.5) is 4.79 Å². The molecule has 0 bridgehead atoms. The van der Waals surface area contributed by atoms with Crippen LogP contribution in [-0.4, -0.2) is 48.3 Å². The van der Waals surface area contributed by atoms with Crippen molar-refractivity contribution in [2.75, 3.05) is 7.11 Å². The maximum absolute atomic E-state index is 13.9. The van der Waals surface area contributed by atoms with E-state index in [0.29, 0.717) is 38.9 Å². The van der Waals surface area contributed by atoms with Crippen molar-refractivity contribution in [3.05, 3.63) is 58.8 Å². The zero-order chi connectivity index (χ0) is 27.0. The van der Waals surface area contributed by atoms with E-state index in [4.69, 9.17) is 9.47 Å². The van der Waals surface area contributed by atoms with Gasteiger partial charge in [-0.15, -0.1) is 0 Å². The molecule has 0 saturated carbocycles. The van der Waals surface area contributed by atoms with Crippen LogP contribution in [0.25, 0.3) is 10.9 Å². The Kier molecular flexibility index (Phi) is 7.40. The fraction of sp³-hybridized carbons (Fsp3) is 0.385. The van der Waals surface area contributed by atoms with E-state index >= 15 is 0 Å². The Balaban J connectivity index is 2.11. The van der Waals surface area contributed by atoms with E-state index in [1.807, 2.05) is 0 Å². The van der Waals surface area contributed by atoms with Crippen molar-refractivity contribution in [2.45, 2.75) is 64.5 Å². The fourth-order valence-electron chi connectivity index (χ4n) is 4.18. The quantitative estimate of drug-likeness (QED) is 0.479. The van der Waals surface area contributed by atoms with Crippen molar-refractivity contribution in [1.82, 2.24) is 9.29 Å². The smallest absolute Gasteiger partial charge is 0.408 e. The molecule has 3 rings (SSSR count). The molecular weight excluding hydrogens is 484 g/mol. The van der Waals surface area contributed by atoms with Gasteiger partial charge in [-0.2, -0.15) is 0 Å². The van der Waals surface area contributed by atoms with Crippen LogP contribution in [0.1, 0.15) is 43.0 Å². The van der Waals surface area contributed by atoms with Crippen LogP contribution in [0.15, 0.2) is 41.4 Å². The third-order valence-corrected chi connectivity index (χ3v) is 7.85. The van der Waals surface area contributed by atoms with Crippen LogP contribution in [0.2, 0.25) is 0 Å². The monoisotopic (exact) mass is 516 g/mol. The topological polar surface area (TPSA) is 124 Å². The van der Waals surface area contributed by atoms with Crippen LogP contribution >= 0.6 is 0 Å². The first-order valence-electron chi connectivity index (χ1n) is 11.4. The molecule has 0 aliphatic heterocycles. The van der Waals surface area contributed by atoms with Crippen molar-refractivity contribution < 1.29 is 32.6 Å². The molecule has 0 aliphatic carbocycles. The van der Waals surface area contributed by atoms with E-state index in [9.17, 15) is 23.1 Å². The molecule has 36 heavy (non-hydrogen) atoms. The average molecular weight is 517 g/mol. The lowest BCUT2D eigenvalue weighted by molar-refractivity contribution is -0.139. The number of methoxy groups -OCH3 is 1. The number of hydrogen-bond acceptors (Lipinski definition) is 6. The van der Waals surface area contributed by atoms with Crippen molar-refractivity contribution >= 4 is 33.0 Å².